The van der Waals surface area contributed by atoms with Gasteiger partial charge in [0.1, 0.15) is 0 Å². The van der Waals surface area contributed by atoms with Gasteiger partial charge in [0.15, 0.2) is 0 Å². The molecule has 0 atom stereocenters. The van der Waals surface area contributed by atoms with Gasteiger partial charge in [-0.05, 0) is 36.8 Å². The molecule has 3 aromatic rings. The third kappa shape index (κ3) is 6.99. The van der Waals surface area contributed by atoms with Gasteiger partial charge in [0, 0.05) is 17.1 Å². The molecule has 1 aromatic heterocycles. The van der Waals surface area contributed by atoms with E-state index in [-0.39, 0.29) is 5.91 Å². The first-order chi connectivity index (χ1) is 13.6. The second kappa shape index (κ2) is 14.2. The maximum atomic E-state index is 12.4. The first-order valence-electron chi connectivity index (χ1n) is 10.1. The second-order valence-electron chi connectivity index (χ2n) is 5.19. The lowest BCUT2D eigenvalue weighted by Crippen LogP contribution is -2.12. The lowest BCUT2D eigenvalue weighted by Gasteiger charge is -2.08. The van der Waals surface area contributed by atoms with Gasteiger partial charge in [-0.3, -0.25) is 9.78 Å². The summed E-state index contributed by atoms with van der Waals surface area (Å²) in [5.41, 5.74) is 4.12. The number of amides is 1. The van der Waals surface area contributed by atoms with Crippen LogP contribution in [0.4, 0.5) is 5.69 Å². The highest BCUT2D eigenvalue weighted by Gasteiger charge is 2.09. The fourth-order valence-electron chi connectivity index (χ4n) is 2.31. The number of hydrogen-bond donors (Lipinski definition) is 1. The van der Waals surface area contributed by atoms with E-state index in [1.165, 1.54) is 0 Å². The Balaban J connectivity index is 0.00000111. The number of nitrogens with one attached hydrogen (secondary N) is 1. The Morgan fingerprint density at radius 2 is 1.36 bits per heavy atom. The minimum Gasteiger partial charge on any atom is -0.320 e. The van der Waals surface area contributed by atoms with Crippen molar-refractivity contribution in [1.82, 2.24) is 4.98 Å². The number of para-hydroxylation sites is 1. The quantitative estimate of drug-likeness (QED) is 0.510. The SMILES string of the molecule is C=C(C)c1ccc(C(=O)Nc2cccc3cccnc23)cc1.CC.CC.CC. The Hall–Kier alpha value is -2.94. The van der Waals surface area contributed by atoms with Crippen molar-refractivity contribution in [3.05, 3.63) is 78.5 Å². The number of carbonyl (C=O) groups excluding carboxylic acids is 1. The number of aromatic nitrogens is 1. The van der Waals surface area contributed by atoms with Crippen LogP contribution >= 0.6 is 0 Å². The van der Waals surface area contributed by atoms with Crippen LogP contribution in [0.15, 0.2) is 67.4 Å². The number of carbonyl (C=O) groups is 1. The minimum absolute atomic E-state index is 0.147. The van der Waals surface area contributed by atoms with Crippen LogP contribution < -0.4 is 5.32 Å². The molecule has 1 heterocycles. The van der Waals surface area contributed by atoms with Crippen LogP contribution in [0.3, 0.4) is 0 Å². The molecule has 3 rings (SSSR count). The van der Waals surface area contributed by atoms with Gasteiger partial charge in [-0.15, -0.1) is 0 Å². The van der Waals surface area contributed by atoms with Crippen molar-refractivity contribution >= 4 is 28.1 Å². The Kier molecular flexibility index (Phi) is 12.7. The molecule has 0 fully saturated rings. The fourth-order valence-corrected chi connectivity index (χ4v) is 2.31. The third-order valence-electron chi connectivity index (χ3n) is 3.52. The Bertz CT molecular complexity index is 847. The molecule has 0 aliphatic heterocycles. The van der Waals surface area contributed by atoms with Crippen molar-refractivity contribution < 1.29 is 4.79 Å². The first-order valence-corrected chi connectivity index (χ1v) is 10.1. The number of rotatable bonds is 3. The van der Waals surface area contributed by atoms with Crippen molar-refractivity contribution in [2.24, 2.45) is 0 Å². The summed E-state index contributed by atoms with van der Waals surface area (Å²) in [6.07, 6.45) is 1.72. The van der Waals surface area contributed by atoms with Crippen LogP contribution in [-0.2, 0) is 0 Å². The number of hydrogen-bond acceptors (Lipinski definition) is 2. The smallest absolute Gasteiger partial charge is 0.255 e. The molecule has 0 saturated heterocycles. The maximum Gasteiger partial charge on any atom is 0.255 e. The van der Waals surface area contributed by atoms with E-state index < -0.39 is 0 Å². The van der Waals surface area contributed by atoms with Gasteiger partial charge in [0.2, 0.25) is 0 Å². The zero-order valence-corrected chi connectivity index (χ0v) is 18.3. The van der Waals surface area contributed by atoms with Crippen LogP contribution in [0, 0.1) is 0 Å². The van der Waals surface area contributed by atoms with Crippen LogP contribution in [0.5, 0.6) is 0 Å². The van der Waals surface area contributed by atoms with E-state index in [4.69, 9.17) is 0 Å². The molecule has 2 aromatic carbocycles. The normalized spacial score (nSPS) is 8.82. The largest absolute Gasteiger partial charge is 0.320 e. The van der Waals surface area contributed by atoms with Gasteiger partial charge < -0.3 is 5.32 Å². The number of benzene rings is 2. The molecule has 0 aliphatic rings. The topological polar surface area (TPSA) is 42.0 Å². The molecule has 28 heavy (non-hydrogen) atoms. The first kappa shape index (κ1) is 25.1. The van der Waals surface area contributed by atoms with Crippen molar-refractivity contribution in [2.45, 2.75) is 48.5 Å². The molecule has 0 saturated carbocycles. The Morgan fingerprint density at radius 1 is 0.821 bits per heavy atom. The average molecular weight is 379 g/mol. The summed E-state index contributed by atoms with van der Waals surface area (Å²) in [6.45, 7) is 17.8. The monoisotopic (exact) mass is 378 g/mol. The van der Waals surface area contributed by atoms with Crippen LogP contribution in [0.25, 0.3) is 16.5 Å². The summed E-state index contributed by atoms with van der Waals surface area (Å²) < 4.78 is 0. The molecule has 0 unspecified atom stereocenters. The van der Waals surface area contributed by atoms with Gasteiger partial charge in [0.25, 0.3) is 5.91 Å². The molecule has 0 bridgehead atoms. The van der Waals surface area contributed by atoms with E-state index in [0.29, 0.717) is 11.3 Å². The van der Waals surface area contributed by atoms with Crippen molar-refractivity contribution in [1.29, 1.82) is 0 Å². The fraction of sp³-hybridized carbons (Fsp3) is 0.280. The standard InChI is InChI=1S/C19H16N2O.3C2H6/c1-13(2)14-8-10-16(11-9-14)19(22)21-17-7-3-5-15-6-4-12-20-18(15)17;3*1-2/h3-12H,1H2,2H3,(H,21,22);3*1-2H3. The molecule has 3 heteroatoms. The van der Waals surface area contributed by atoms with E-state index in [0.717, 1.165) is 22.0 Å². The average Bonchev–Trinajstić information content (AvgIpc) is 2.78. The molecular formula is C25H34N2O. The van der Waals surface area contributed by atoms with E-state index >= 15 is 0 Å². The summed E-state index contributed by atoms with van der Waals surface area (Å²) in [4.78, 5) is 16.7. The van der Waals surface area contributed by atoms with Crippen LogP contribution in [0.1, 0.15) is 64.4 Å². The Labute approximate surface area is 170 Å². The molecule has 1 N–H and O–H groups in total. The molecule has 0 radical (unpaired) electrons. The molecular weight excluding hydrogens is 344 g/mol. The highest BCUT2D eigenvalue weighted by atomic mass is 16.1. The number of pyridine rings is 1. The highest BCUT2D eigenvalue weighted by Crippen LogP contribution is 2.21. The lowest BCUT2D eigenvalue weighted by atomic mass is 10.1. The minimum atomic E-state index is -0.147. The summed E-state index contributed by atoms with van der Waals surface area (Å²) in [6, 6.07) is 17.0. The molecule has 3 nitrogen and oxygen atoms in total. The number of fused-ring (bicyclic) bond motifs is 1. The molecule has 0 spiro atoms. The maximum absolute atomic E-state index is 12.4. The van der Waals surface area contributed by atoms with Crippen LogP contribution in [-0.4, -0.2) is 10.9 Å². The van der Waals surface area contributed by atoms with E-state index in [1.54, 1.807) is 18.3 Å². The highest BCUT2D eigenvalue weighted by molar-refractivity contribution is 6.08. The summed E-state index contributed by atoms with van der Waals surface area (Å²) in [7, 11) is 0. The van der Waals surface area contributed by atoms with Crippen molar-refractivity contribution in [3.63, 3.8) is 0 Å². The van der Waals surface area contributed by atoms with E-state index in [2.05, 4.69) is 16.9 Å². The number of nitrogens with zero attached hydrogens (tertiary/aromatic N) is 1. The number of anilines is 1. The van der Waals surface area contributed by atoms with Crippen molar-refractivity contribution in [3.8, 4) is 0 Å². The van der Waals surface area contributed by atoms with Crippen LogP contribution in [0.2, 0.25) is 0 Å². The van der Waals surface area contributed by atoms with E-state index in [9.17, 15) is 4.79 Å². The molecule has 1 amide bonds. The third-order valence-corrected chi connectivity index (χ3v) is 3.52. The zero-order chi connectivity index (χ0) is 21.5. The van der Waals surface area contributed by atoms with E-state index in [1.807, 2.05) is 90.9 Å². The van der Waals surface area contributed by atoms with Crippen molar-refractivity contribution in [2.75, 3.05) is 5.32 Å². The Morgan fingerprint density at radius 3 is 1.93 bits per heavy atom. The zero-order valence-electron chi connectivity index (χ0n) is 18.3. The van der Waals surface area contributed by atoms with Gasteiger partial charge in [0.05, 0.1) is 11.2 Å². The molecule has 0 aliphatic carbocycles. The number of allylic oxidation sites excluding steroid dienone is 1. The van der Waals surface area contributed by atoms with Gasteiger partial charge in [-0.25, -0.2) is 0 Å². The summed E-state index contributed by atoms with van der Waals surface area (Å²) in [5.74, 6) is -0.147. The van der Waals surface area contributed by atoms with Gasteiger partial charge in [-0.2, -0.15) is 0 Å². The summed E-state index contributed by atoms with van der Waals surface area (Å²) in [5, 5.41) is 3.92. The lowest BCUT2D eigenvalue weighted by molar-refractivity contribution is 0.102. The van der Waals surface area contributed by atoms with Gasteiger partial charge in [-0.1, -0.05) is 84.0 Å². The van der Waals surface area contributed by atoms with Gasteiger partial charge >= 0.3 is 0 Å². The predicted octanol–water partition coefficient (Wildman–Crippen LogP) is 7.60. The molecule has 150 valence electrons. The second-order valence-corrected chi connectivity index (χ2v) is 5.19. The summed E-state index contributed by atoms with van der Waals surface area (Å²) >= 11 is 0. The predicted molar refractivity (Wildman–Crippen MR) is 125 cm³/mol.